The minimum absolute atomic E-state index is 0.134. The van der Waals surface area contributed by atoms with E-state index in [1.807, 2.05) is 0 Å². The summed E-state index contributed by atoms with van der Waals surface area (Å²) in [6.07, 6.45) is 3.45. The molecular weight excluding hydrogens is 408 g/mol. The van der Waals surface area contributed by atoms with Crippen LogP contribution in [0.1, 0.15) is 34.7 Å². The summed E-state index contributed by atoms with van der Waals surface area (Å²) in [5.41, 5.74) is 1.10. The van der Waals surface area contributed by atoms with Gasteiger partial charge in [-0.25, -0.2) is 8.42 Å². The minimum atomic E-state index is -3.54. The van der Waals surface area contributed by atoms with Crippen LogP contribution in [0.25, 0.3) is 0 Å². The normalized spacial score (nSPS) is 17.5. The molecule has 0 aromatic carbocycles. The van der Waals surface area contributed by atoms with Crippen molar-refractivity contribution in [3.63, 3.8) is 0 Å². The summed E-state index contributed by atoms with van der Waals surface area (Å²) < 4.78 is 33.2. The molecule has 1 fully saturated rings. The summed E-state index contributed by atoms with van der Waals surface area (Å²) in [5.74, 6) is 0.240. The third-order valence-corrected chi connectivity index (χ3v) is 7.68. The Hall–Kier alpha value is -2.98. The molecule has 0 bridgehead atoms. The zero-order chi connectivity index (χ0) is 21.3. The number of amides is 2. The number of sulfonamides is 1. The molecule has 2 amide bonds. The second-order valence-corrected chi connectivity index (χ2v) is 9.48. The second-order valence-electron chi connectivity index (χ2n) is 7.27. The van der Waals surface area contributed by atoms with E-state index in [2.05, 4.69) is 16.9 Å². The molecule has 1 saturated heterocycles. The maximum atomic E-state index is 13.1. The van der Waals surface area contributed by atoms with Crippen molar-refractivity contribution in [2.75, 3.05) is 18.4 Å². The van der Waals surface area contributed by atoms with Gasteiger partial charge in [-0.3, -0.25) is 19.9 Å². The van der Waals surface area contributed by atoms with Gasteiger partial charge in [0.05, 0.1) is 11.8 Å². The van der Waals surface area contributed by atoms with Crippen molar-refractivity contribution in [1.29, 1.82) is 0 Å². The first kappa shape index (κ1) is 20.3. The van der Waals surface area contributed by atoms with Crippen LogP contribution in [-0.2, 0) is 27.9 Å². The van der Waals surface area contributed by atoms with Crippen molar-refractivity contribution in [2.45, 2.75) is 31.2 Å². The fourth-order valence-electron chi connectivity index (χ4n) is 3.77. The molecule has 2 aliphatic rings. The monoisotopic (exact) mass is 430 g/mol. The molecular formula is C20H22N4O5S. The van der Waals surface area contributed by atoms with Gasteiger partial charge in [-0.2, -0.15) is 4.31 Å². The topological polar surface area (TPSA) is 113 Å². The zero-order valence-electron chi connectivity index (χ0n) is 16.3. The lowest BCUT2D eigenvalue weighted by Crippen LogP contribution is -2.45. The Labute approximate surface area is 174 Å². The predicted molar refractivity (Wildman–Crippen MR) is 109 cm³/mol. The van der Waals surface area contributed by atoms with E-state index < -0.39 is 15.3 Å². The minimum Gasteiger partial charge on any atom is -0.444 e. The molecule has 9 nitrogen and oxygen atoms in total. The van der Waals surface area contributed by atoms with Gasteiger partial charge >= 0.3 is 0 Å². The molecule has 0 radical (unpaired) electrons. The first-order valence-corrected chi connectivity index (χ1v) is 11.1. The van der Waals surface area contributed by atoms with Crippen LogP contribution in [0, 0.1) is 0 Å². The van der Waals surface area contributed by atoms with Crippen molar-refractivity contribution < 1.29 is 22.4 Å². The standard InChI is InChI=1S/C20H22N4O5S/c1-2-18(25)22-19-11-14-12-24(13-17(14)29-19)30(27,28)15-6-9-23(10-7-15)20(26)16-5-3-4-8-21-16/h2-5,8,11,15H,1,6-7,9-10,12-13H2,(H,22,25). The number of anilines is 1. The molecule has 30 heavy (non-hydrogen) atoms. The number of rotatable bonds is 5. The Kier molecular flexibility index (Phi) is 5.44. The zero-order valence-corrected chi connectivity index (χ0v) is 17.1. The molecule has 1 N–H and O–H groups in total. The fraction of sp³-hybridized carbons (Fsp3) is 0.350. The summed E-state index contributed by atoms with van der Waals surface area (Å²) >= 11 is 0. The SMILES string of the molecule is C=CC(=O)Nc1cc2c(o1)CN(S(=O)(=O)C1CCN(C(=O)c3ccccn3)CC1)C2. The lowest BCUT2D eigenvalue weighted by atomic mass is 10.1. The second kappa shape index (κ2) is 8.04. The number of furan rings is 1. The van der Waals surface area contributed by atoms with E-state index in [1.165, 1.54) is 4.31 Å². The lowest BCUT2D eigenvalue weighted by Gasteiger charge is -2.33. The van der Waals surface area contributed by atoms with Crippen LogP contribution < -0.4 is 5.32 Å². The highest BCUT2D eigenvalue weighted by atomic mass is 32.2. The average molecular weight is 430 g/mol. The Morgan fingerprint density at radius 2 is 2.00 bits per heavy atom. The maximum absolute atomic E-state index is 13.1. The number of aromatic nitrogens is 1. The van der Waals surface area contributed by atoms with Crippen LogP contribution in [0.2, 0.25) is 0 Å². The highest BCUT2D eigenvalue weighted by Gasteiger charge is 2.39. The first-order chi connectivity index (χ1) is 14.4. The number of hydrogen-bond acceptors (Lipinski definition) is 6. The largest absolute Gasteiger partial charge is 0.444 e. The van der Waals surface area contributed by atoms with Gasteiger partial charge in [0.25, 0.3) is 5.91 Å². The molecule has 4 rings (SSSR count). The first-order valence-electron chi connectivity index (χ1n) is 9.62. The van der Waals surface area contributed by atoms with Crippen LogP contribution in [0.3, 0.4) is 0 Å². The van der Waals surface area contributed by atoms with E-state index >= 15 is 0 Å². The molecule has 0 atom stereocenters. The van der Waals surface area contributed by atoms with Gasteiger partial charge < -0.3 is 9.32 Å². The van der Waals surface area contributed by atoms with E-state index in [0.717, 1.165) is 11.6 Å². The Bertz CT molecular complexity index is 1050. The molecule has 2 aromatic heterocycles. The maximum Gasteiger partial charge on any atom is 0.272 e. The predicted octanol–water partition coefficient (Wildman–Crippen LogP) is 1.75. The van der Waals surface area contributed by atoms with E-state index in [1.54, 1.807) is 35.4 Å². The number of likely N-dealkylation sites (tertiary alicyclic amines) is 1. The van der Waals surface area contributed by atoms with Crippen molar-refractivity contribution in [2.24, 2.45) is 0 Å². The summed E-state index contributed by atoms with van der Waals surface area (Å²) in [6.45, 7) is 4.46. The number of nitrogens with zero attached hydrogens (tertiary/aromatic N) is 3. The molecule has 0 spiro atoms. The van der Waals surface area contributed by atoms with Crippen LogP contribution >= 0.6 is 0 Å². The van der Waals surface area contributed by atoms with Gasteiger partial charge in [-0.05, 0) is 31.1 Å². The van der Waals surface area contributed by atoms with Crippen LogP contribution in [-0.4, -0.2) is 52.8 Å². The smallest absolute Gasteiger partial charge is 0.272 e. The summed E-state index contributed by atoms with van der Waals surface area (Å²) in [5, 5.41) is 1.99. The molecule has 0 unspecified atom stereocenters. The molecule has 2 aliphatic heterocycles. The van der Waals surface area contributed by atoms with Crippen molar-refractivity contribution >= 4 is 27.7 Å². The lowest BCUT2D eigenvalue weighted by molar-refractivity contribution is -0.112. The average Bonchev–Trinajstić information content (AvgIpc) is 3.33. The van der Waals surface area contributed by atoms with E-state index in [9.17, 15) is 18.0 Å². The van der Waals surface area contributed by atoms with E-state index in [0.29, 0.717) is 37.4 Å². The molecule has 4 heterocycles. The molecule has 158 valence electrons. The van der Waals surface area contributed by atoms with Gasteiger partial charge in [0.1, 0.15) is 11.5 Å². The molecule has 0 aliphatic carbocycles. The van der Waals surface area contributed by atoms with E-state index in [4.69, 9.17) is 4.42 Å². The van der Waals surface area contributed by atoms with Gasteiger partial charge in [-0.1, -0.05) is 12.6 Å². The third-order valence-electron chi connectivity index (χ3n) is 5.39. The van der Waals surface area contributed by atoms with Gasteiger partial charge in [0.15, 0.2) is 5.88 Å². The Morgan fingerprint density at radius 3 is 2.63 bits per heavy atom. The summed E-state index contributed by atoms with van der Waals surface area (Å²) in [4.78, 5) is 29.6. The van der Waals surface area contributed by atoms with Gasteiger partial charge in [-0.15, -0.1) is 0 Å². The highest BCUT2D eigenvalue weighted by Crippen LogP contribution is 2.33. The number of piperidine rings is 1. The van der Waals surface area contributed by atoms with Gasteiger partial charge in [0, 0.05) is 37.5 Å². The molecule has 0 saturated carbocycles. The van der Waals surface area contributed by atoms with Crippen LogP contribution in [0.4, 0.5) is 5.88 Å². The number of fused-ring (bicyclic) bond motifs is 1. The number of pyridine rings is 1. The summed E-state index contributed by atoms with van der Waals surface area (Å²) in [7, 11) is -3.54. The third kappa shape index (κ3) is 3.88. The Balaban J connectivity index is 1.37. The van der Waals surface area contributed by atoms with Crippen molar-refractivity contribution in [1.82, 2.24) is 14.2 Å². The molecule has 2 aromatic rings. The van der Waals surface area contributed by atoms with Gasteiger partial charge in [0.2, 0.25) is 15.9 Å². The van der Waals surface area contributed by atoms with Crippen LogP contribution in [0.15, 0.2) is 47.5 Å². The van der Waals surface area contributed by atoms with E-state index in [-0.39, 0.29) is 30.8 Å². The summed E-state index contributed by atoms with van der Waals surface area (Å²) in [6, 6.07) is 6.79. The number of carbonyl (C=O) groups excluding carboxylic acids is 2. The number of carbonyl (C=O) groups is 2. The molecule has 10 heteroatoms. The van der Waals surface area contributed by atoms with Crippen molar-refractivity contribution in [3.8, 4) is 0 Å². The number of nitrogens with one attached hydrogen (secondary N) is 1. The quantitative estimate of drug-likeness (QED) is 0.723. The fourth-order valence-corrected chi connectivity index (χ4v) is 5.62. The van der Waals surface area contributed by atoms with Crippen LogP contribution in [0.5, 0.6) is 0 Å². The Morgan fingerprint density at radius 1 is 1.23 bits per heavy atom. The number of hydrogen-bond donors (Lipinski definition) is 1. The van der Waals surface area contributed by atoms with Crippen molar-refractivity contribution in [3.05, 3.63) is 60.1 Å². The highest BCUT2D eigenvalue weighted by molar-refractivity contribution is 7.89.